The normalized spacial score (nSPS) is 10.3. The van der Waals surface area contributed by atoms with Crippen LogP contribution in [-0.2, 0) is 0 Å². The van der Waals surface area contributed by atoms with Crippen LogP contribution in [0.4, 0.5) is 22.7 Å². The summed E-state index contributed by atoms with van der Waals surface area (Å²) in [6.45, 7) is 1.91. The van der Waals surface area contributed by atoms with Crippen LogP contribution in [0.25, 0.3) is 0 Å². The van der Waals surface area contributed by atoms with Gasteiger partial charge >= 0.3 is 11.9 Å². The third-order valence-corrected chi connectivity index (χ3v) is 3.95. The first-order valence-electron chi connectivity index (χ1n) is 8.24. The minimum Gasteiger partial charge on any atom is -0.478 e. The molecule has 0 bridgehead atoms. The molecule has 0 heterocycles. The monoisotopic (exact) mass is 362 g/mol. The summed E-state index contributed by atoms with van der Waals surface area (Å²) in [6, 6.07) is 18.9. The molecule has 6 nitrogen and oxygen atoms in total. The van der Waals surface area contributed by atoms with Crippen LogP contribution in [0.5, 0.6) is 0 Å². The van der Waals surface area contributed by atoms with Gasteiger partial charge in [-0.25, -0.2) is 9.59 Å². The number of nitrogens with one attached hydrogen (secondary N) is 2. The number of hydrogen-bond donors (Lipinski definition) is 4. The van der Waals surface area contributed by atoms with Gasteiger partial charge < -0.3 is 20.8 Å². The molecule has 0 saturated heterocycles. The molecule has 0 aliphatic carbocycles. The highest BCUT2D eigenvalue weighted by Gasteiger charge is 2.11. The molecule has 136 valence electrons. The quantitative estimate of drug-likeness (QED) is 0.499. The topological polar surface area (TPSA) is 98.7 Å². The predicted octanol–water partition coefficient (Wildman–Crippen LogP) is 4.88. The molecule has 0 unspecified atom stereocenters. The summed E-state index contributed by atoms with van der Waals surface area (Å²) >= 11 is 0. The summed E-state index contributed by atoms with van der Waals surface area (Å²) in [5.41, 5.74) is 3.62. The van der Waals surface area contributed by atoms with E-state index in [0.29, 0.717) is 22.7 Å². The Morgan fingerprint density at radius 1 is 0.704 bits per heavy atom. The van der Waals surface area contributed by atoms with Crippen LogP contribution < -0.4 is 10.6 Å². The van der Waals surface area contributed by atoms with E-state index in [-0.39, 0.29) is 11.1 Å². The molecule has 0 fully saturated rings. The van der Waals surface area contributed by atoms with Gasteiger partial charge in [-0.1, -0.05) is 24.3 Å². The van der Waals surface area contributed by atoms with E-state index in [1.54, 1.807) is 42.5 Å². The number of carboxylic acids is 2. The molecule has 0 radical (unpaired) electrons. The fraction of sp³-hybridized carbons (Fsp3) is 0.0476. The zero-order valence-electron chi connectivity index (χ0n) is 14.6. The molecule has 0 spiro atoms. The minimum atomic E-state index is -1.01. The second kappa shape index (κ2) is 7.61. The first-order valence-corrected chi connectivity index (χ1v) is 8.24. The molecular formula is C21H18N2O4. The summed E-state index contributed by atoms with van der Waals surface area (Å²) in [5, 5.41) is 24.9. The van der Waals surface area contributed by atoms with Crippen molar-refractivity contribution in [1.29, 1.82) is 0 Å². The van der Waals surface area contributed by atoms with Crippen LogP contribution >= 0.6 is 0 Å². The highest BCUT2D eigenvalue weighted by molar-refractivity contribution is 5.96. The Labute approximate surface area is 156 Å². The molecule has 27 heavy (non-hydrogen) atoms. The van der Waals surface area contributed by atoms with Crippen LogP contribution in [0, 0.1) is 6.92 Å². The fourth-order valence-corrected chi connectivity index (χ4v) is 2.80. The first kappa shape index (κ1) is 18.0. The van der Waals surface area contributed by atoms with E-state index in [1.165, 1.54) is 12.1 Å². The Bertz CT molecular complexity index is 937. The van der Waals surface area contributed by atoms with Crippen molar-refractivity contribution in [2.75, 3.05) is 10.6 Å². The SMILES string of the molecule is Cc1cc(Nc2ccccc2C(=O)O)cc(Nc2ccccc2C(=O)O)c1. The fourth-order valence-electron chi connectivity index (χ4n) is 2.80. The van der Waals surface area contributed by atoms with Crippen LogP contribution in [0.1, 0.15) is 26.3 Å². The summed E-state index contributed by atoms with van der Waals surface area (Å²) < 4.78 is 0. The number of benzene rings is 3. The van der Waals surface area contributed by atoms with Gasteiger partial charge in [-0.05, 0) is 55.0 Å². The average molecular weight is 362 g/mol. The van der Waals surface area contributed by atoms with E-state index in [1.807, 2.05) is 19.1 Å². The largest absolute Gasteiger partial charge is 0.478 e. The molecule has 0 atom stereocenters. The molecule has 0 saturated carbocycles. The van der Waals surface area contributed by atoms with E-state index < -0.39 is 11.9 Å². The summed E-state index contributed by atoms with van der Waals surface area (Å²) in [5.74, 6) is -2.03. The zero-order chi connectivity index (χ0) is 19.4. The highest BCUT2D eigenvalue weighted by atomic mass is 16.4. The second-order valence-electron chi connectivity index (χ2n) is 6.04. The Hall–Kier alpha value is -3.80. The molecule has 6 heteroatoms. The maximum absolute atomic E-state index is 11.4. The van der Waals surface area contributed by atoms with E-state index in [4.69, 9.17) is 0 Å². The molecule has 0 aliphatic rings. The molecule has 4 N–H and O–H groups in total. The van der Waals surface area contributed by atoms with E-state index in [9.17, 15) is 19.8 Å². The lowest BCUT2D eigenvalue weighted by molar-refractivity contribution is 0.0687. The molecular weight excluding hydrogens is 344 g/mol. The van der Waals surface area contributed by atoms with Gasteiger partial charge in [0.15, 0.2) is 0 Å². The maximum atomic E-state index is 11.4. The lowest BCUT2D eigenvalue weighted by Gasteiger charge is -2.14. The Morgan fingerprint density at radius 3 is 1.52 bits per heavy atom. The lowest BCUT2D eigenvalue weighted by atomic mass is 10.1. The van der Waals surface area contributed by atoms with Crippen molar-refractivity contribution in [3.05, 3.63) is 83.4 Å². The Kier molecular flexibility index (Phi) is 5.08. The summed E-state index contributed by atoms with van der Waals surface area (Å²) in [6.07, 6.45) is 0. The Balaban J connectivity index is 1.92. The lowest BCUT2D eigenvalue weighted by Crippen LogP contribution is -2.04. The predicted molar refractivity (Wildman–Crippen MR) is 105 cm³/mol. The van der Waals surface area contributed by atoms with Crippen molar-refractivity contribution in [2.45, 2.75) is 6.92 Å². The van der Waals surface area contributed by atoms with Gasteiger partial charge in [0.05, 0.1) is 22.5 Å². The number of rotatable bonds is 6. The number of carbonyl (C=O) groups is 2. The van der Waals surface area contributed by atoms with Gasteiger partial charge in [0.25, 0.3) is 0 Å². The first-order chi connectivity index (χ1) is 12.9. The minimum absolute atomic E-state index is 0.171. The van der Waals surface area contributed by atoms with Gasteiger partial charge in [0, 0.05) is 11.4 Å². The highest BCUT2D eigenvalue weighted by Crippen LogP contribution is 2.27. The number of para-hydroxylation sites is 2. The van der Waals surface area contributed by atoms with Crippen molar-refractivity contribution in [1.82, 2.24) is 0 Å². The summed E-state index contributed by atoms with van der Waals surface area (Å²) in [4.78, 5) is 22.8. The smallest absolute Gasteiger partial charge is 0.337 e. The number of hydrogen-bond acceptors (Lipinski definition) is 4. The number of aromatic carboxylic acids is 2. The number of carboxylic acid groups (broad SMARTS) is 2. The average Bonchev–Trinajstić information content (AvgIpc) is 2.61. The standard InChI is InChI=1S/C21H18N2O4/c1-13-10-14(22-18-8-4-2-6-16(18)20(24)25)12-15(11-13)23-19-9-5-3-7-17(19)21(26)27/h2-12,22-23H,1H3,(H,24,25)(H,26,27). The van der Waals surface area contributed by atoms with Gasteiger partial charge in [0.2, 0.25) is 0 Å². The van der Waals surface area contributed by atoms with Crippen LogP contribution in [0.3, 0.4) is 0 Å². The van der Waals surface area contributed by atoms with Crippen molar-refractivity contribution < 1.29 is 19.8 Å². The van der Waals surface area contributed by atoms with Gasteiger partial charge in [0.1, 0.15) is 0 Å². The van der Waals surface area contributed by atoms with Gasteiger partial charge in [-0.15, -0.1) is 0 Å². The Morgan fingerprint density at radius 2 is 1.11 bits per heavy atom. The van der Waals surface area contributed by atoms with Gasteiger partial charge in [-0.3, -0.25) is 0 Å². The third kappa shape index (κ3) is 4.24. The molecule has 3 aromatic rings. The maximum Gasteiger partial charge on any atom is 0.337 e. The number of aryl methyl sites for hydroxylation is 1. The molecule has 0 amide bonds. The van der Waals surface area contributed by atoms with Gasteiger partial charge in [-0.2, -0.15) is 0 Å². The van der Waals surface area contributed by atoms with Crippen molar-refractivity contribution in [3.8, 4) is 0 Å². The zero-order valence-corrected chi connectivity index (χ0v) is 14.6. The summed E-state index contributed by atoms with van der Waals surface area (Å²) in [7, 11) is 0. The van der Waals surface area contributed by atoms with Crippen molar-refractivity contribution in [2.24, 2.45) is 0 Å². The van der Waals surface area contributed by atoms with Crippen LogP contribution in [0.15, 0.2) is 66.7 Å². The molecule has 3 rings (SSSR count). The second-order valence-corrected chi connectivity index (χ2v) is 6.04. The van der Waals surface area contributed by atoms with Crippen molar-refractivity contribution >= 4 is 34.7 Å². The van der Waals surface area contributed by atoms with E-state index in [0.717, 1.165) is 5.56 Å². The molecule has 0 aliphatic heterocycles. The van der Waals surface area contributed by atoms with E-state index >= 15 is 0 Å². The number of anilines is 4. The molecule has 3 aromatic carbocycles. The van der Waals surface area contributed by atoms with Crippen molar-refractivity contribution in [3.63, 3.8) is 0 Å². The van der Waals surface area contributed by atoms with E-state index in [2.05, 4.69) is 10.6 Å². The molecule has 0 aromatic heterocycles. The van der Waals surface area contributed by atoms with Crippen LogP contribution in [-0.4, -0.2) is 22.2 Å². The van der Waals surface area contributed by atoms with Crippen LogP contribution in [0.2, 0.25) is 0 Å². The third-order valence-electron chi connectivity index (χ3n) is 3.95.